The van der Waals surface area contributed by atoms with E-state index in [-0.39, 0.29) is 11.2 Å². The van der Waals surface area contributed by atoms with E-state index in [0.29, 0.717) is 24.3 Å². The fourth-order valence-electron chi connectivity index (χ4n) is 2.05. The van der Waals surface area contributed by atoms with Crippen molar-refractivity contribution in [2.45, 2.75) is 46.2 Å². The van der Waals surface area contributed by atoms with E-state index >= 15 is 0 Å². The Bertz CT molecular complexity index is 650. The molecule has 0 aliphatic heterocycles. The molecule has 0 bridgehead atoms. The summed E-state index contributed by atoms with van der Waals surface area (Å²) >= 11 is 0. The number of unbranched alkanes of at least 4 members (excludes halogenated alkanes) is 1. The monoisotopic (exact) mass is 250 g/mol. The summed E-state index contributed by atoms with van der Waals surface area (Å²) in [6.07, 6.45) is 4.10. The number of hydrogen-bond acceptors (Lipinski definition) is 3. The van der Waals surface area contributed by atoms with E-state index < -0.39 is 0 Å². The Kier molecular flexibility index (Phi) is 3.64. The molecule has 2 rings (SSSR count). The van der Waals surface area contributed by atoms with Crippen molar-refractivity contribution in [2.24, 2.45) is 0 Å². The number of H-pyrrole nitrogens is 1. The highest BCUT2D eigenvalue weighted by atomic mass is 16.2. The molecule has 0 aliphatic carbocycles. The Morgan fingerprint density at radius 2 is 1.94 bits per heavy atom. The van der Waals surface area contributed by atoms with Crippen LogP contribution in [0, 0.1) is 0 Å². The number of fused-ring (bicyclic) bond motifs is 1. The van der Waals surface area contributed by atoms with Crippen molar-refractivity contribution >= 4 is 11.2 Å². The molecular formula is C12H18N4O2. The molecule has 6 nitrogen and oxygen atoms in total. The number of nitrogens with zero attached hydrogens (tertiary/aromatic N) is 3. The van der Waals surface area contributed by atoms with Crippen LogP contribution in [0.2, 0.25) is 0 Å². The molecule has 0 atom stereocenters. The summed E-state index contributed by atoms with van der Waals surface area (Å²) in [4.78, 5) is 31.3. The van der Waals surface area contributed by atoms with Gasteiger partial charge in [-0.3, -0.25) is 13.9 Å². The maximum atomic E-state index is 12.3. The second-order valence-corrected chi connectivity index (χ2v) is 4.35. The van der Waals surface area contributed by atoms with Crippen LogP contribution in [0.5, 0.6) is 0 Å². The van der Waals surface area contributed by atoms with E-state index in [9.17, 15) is 9.59 Å². The van der Waals surface area contributed by atoms with Crippen LogP contribution in [0.25, 0.3) is 11.2 Å². The topological polar surface area (TPSA) is 72.7 Å². The second kappa shape index (κ2) is 5.20. The van der Waals surface area contributed by atoms with Gasteiger partial charge in [-0.25, -0.2) is 9.78 Å². The van der Waals surface area contributed by atoms with Crippen molar-refractivity contribution in [3.8, 4) is 0 Å². The van der Waals surface area contributed by atoms with E-state index in [1.54, 1.807) is 4.57 Å². The molecule has 0 spiro atoms. The Hall–Kier alpha value is -1.85. The van der Waals surface area contributed by atoms with Crippen LogP contribution in [0.3, 0.4) is 0 Å². The molecule has 0 fully saturated rings. The normalized spacial score (nSPS) is 11.2. The van der Waals surface area contributed by atoms with Crippen molar-refractivity contribution < 1.29 is 0 Å². The third kappa shape index (κ3) is 1.98. The zero-order valence-electron chi connectivity index (χ0n) is 10.8. The van der Waals surface area contributed by atoms with E-state index in [1.165, 1.54) is 10.9 Å². The fraction of sp³-hybridized carbons (Fsp3) is 0.583. The number of imidazole rings is 1. The maximum Gasteiger partial charge on any atom is 0.332 e. The van der Waals surface area contributed by atoms with Gasteiger partial charge in [0.05, 0.1) is 6.33 Å². The molecule has 18 heavy (non-hydrogen) atoms. The van der Waals surface area contributed by atoms with Gasteiger partial charge in [0.2, 0.25) is 0 Å². The van der Waals surface area contributed by atoms with Crippen LogP contribution in [-0.2, 0) is 13.1 Å². The first-order valence-electron chi connectivity index (χ1n) is 6.37. The standard InChI is InChI=1S/C12H18N4O2/c1-3-5-7-15-10-9(13-8-14-10)11(17)16(6-4-2)12(15)18/h8H,3-7H2,1-2H3,(H,13,14). The summed E-state index contributed by atoms with van der Waals surface area (Å²) in [7, 11) is 0. The molecule has 2 aromatic rings. The summed E-state index contributed by atoms with van der Waals surface area (Å²) in [6.45, 7) is 5.05. The minimum atomic E-state index is -0.276. The molecule has 2 aromatic heterocycles. The van der Waals surface area contributed by atoms with Crippen molar-refractivity contribution in [1.29, 1.82) is 0 Å². The fourth-order valence-corrected chi connectivity index (χ4v) is 2.05. The van der Waals surface area contributed by atoms with Crippen molar-refractivity contribution in [3.63, 3.8) is 0 Å². The molecular weight excluding hydrogens is 232 g/mol. The smallest absolute Gasteiger partial charge is 0.332 e. The molecule has 0 aliphatic rings. The summed E-state index contributed by atoms with van der Waals surface area (Å²) in [5.74, 6) is 0. The van der Waals surface area contributed by atoms with Crippen LogP contribution in [0.15, 0.2) is 15.9 Å². The first-order valence-corrected chi connectivity index (χ1v) is 6.37. The Morgan fingerprint density at radius 3 is 2.61 bits per heavy atom. The number of hydrogen-bond donors (Lipinski definition) is 1. The third-order valence-corrected chi connectivity index (χ3v) is 2.98. The van der Waals surface area contributed by atoms with E-state index in [1.807, 2.05) is 6.92 Å². The Morgan fingerprint density at radius 1 is 1.17 bits per heavy atom. The molecule has 0 aromatic carbocycles. The van der Waals surface area contributed by atoms with Gasteiger partial charge < -0.3 is 4.98 Å². The van der Waals surface area contributed by atoms with Crippen LogP contribution in [0.4, 0.5) is 0 Å². The highest BCUT2D eigenvalue weighted by Gasteiger charge is 2.13. The van der Waals surface area contributed by atoms with E-state index in [0.717, 1.165) is 19.3 Å². The highest BCUT2D eigenvalue weighted by molar-refractivity contribution is 5.68. The lowest BCUT2D eigenvalue weighted by Gasteiger charge is -2.09. The number of aryl methyl sites for hydroxylation is 1. The Balaban J connectivity index is 2.70. The van der Waals surface area contributed by atoms with Gasteiger partial charge in [0.25, 0.3) is 5.56 Å². The molecule has 0 amide bonds. The van der Waals surface area contributed by atoms with Crippen LogP contribution < -0.4 is 11.2 Å². The number of aromatic amines is 1. The van der Waals surface area contributed by atoms with Gasteiger partial charge >= 0.3 is 5.69 Å². The highest BCUT2D eigenvalue weighted by Crippen LogP contribution is 2.03. The van der Waals surface area contributed by atoms with Gasteiger partial charge in [-0.15, -0.1) is 0 Å². The quantitative estimate of drug-likeness (QED) is 0.863. The van der Waals surface area contributed by atoms with Gasteiger partial charge in [-0.2, -0.15) is 0 Å². The largest absolute Gasteiger partial charge is 0.339 e. The zero-order valence-corrected chi connectivity index (χ0v) is 10.8. The van der Waals surface area contributed by atoms with Gasteiger partial charge in [0.15, 0.2) is 5.65 Å². The first kappa shape index (κ1) is 12.6. The summed E-state index contributed by atoms with van der Waals surface area (Å²) < 4.78 is 2.88. The first-order chi connectivity index (χ1) is 8.70. The Labute approximate surface area is 104 Å². The summed E-state index contributed by atoms with van der Waals surface area (Å²) in [5, 5.41) is 0. The molecule has 0 saturated carbocycles. The minimum Gasteiger partial charge on any atom is -0.339 e. The molecule has 1 N–H and O–H groups in total. The molecule has 2 heterocycles. The number of nitrogens with one attached hydrogen (secondary N) is 1. The van der Waals surface area contributed by atoms with Gasteiger partial charge in [0, 0.05) is 13.1 Å². The predicted molar refractivity (Wildman–Crippen MR) is 69.8 cm³/mol. The molecule has 6 heteroatoms. The molecule has 0 unspecified atom stereocenters. The van der Waals surface area contributed by atoms with Crippen molar-refractivity contribution in [3.05, 3.63) is 27.2 Å². The molecule has 0 radical (unpaired) electrons. The lowest BCUT2D eigenvalue weighted by atomic mass is 10.3. The van der Waals surface area contributed by atoms with Crippen LogP contribution in [0.1, 0.15) is 33.1 Å². The lowest BCUT2D eigenvalue weighted by Crippen LogP contribution is -2.40. The average molecular weight is 250 g/mol. The SMILES string of the molecule is CCCCn1c(=O)n(CCC)c(=O)c2[nH]cnc21. The van der Waals surface area contributed by atoms with Crippen LogP contribution in [-0.4, -0.2) is 19.1 Å². The number of rotatable bonds is 5. The summed E-state index contributed by atoms with van der Waals surface area (Å²) in [6, 6.07) is 0. The minimum absolute atomic E-state index is 0.255. The van der Waals surface area contributed by atoms with Crippen molar-refractivity contribution in [1.82, 2.24) is 19.1 Å². The predicted octanol–water partition coefficient (Wildman–Crippen LogP) is 1.10. The number of aromatic nitrogens is 4. The van der Waals surface area contributed by atoms with Gasteiger partial charge in [0.1, 0.15) is 5.52 Å². The zero-order chi connectivity index (χ0) is 13.1. The van der Waals surface area contributed by atoms with Gasteiger partial charge in [-0.05, 0) is 12.8 Å². The summed E-state index contributed by atoms with van der Waals surface area (Å²) in [5.41, 5.74) is 0.349. The molecule has 98 valence electrons. The van der Waals surface area contributed by atoms with Gasteiger partial charge in [-0.1, -0.05) is 20.3 Å². The average Bonchev–Trinajstić information content (AvgIpc) is 2.84. The third-order valence-electron chi connectivity index (χ3n) is 2.98. The van der Waals surface area contributed by atoms with Crippen LogP contribution >= 0.6 is 0 Å². The maximum absolute atomic E-state index is 12.3. The lowest BCUT2D eigenvalue weighted by molar-refractivity contribution is 0.543. The molecule has 0 saturated heterocycles. The van der Waals surface area contributed by atoms with Crippen molar-refractivity contribution in [2.75, 3.05) is 0 Å². The second-order valence-electron chi connectivity index (χ2n) is 4.35. The van der Waals surface area contributed by atoms with E-state index in [2.05, 4.69) is 16.9 Å². The van der Waals surface area contributed by atoms with E-state index in [4.69, 9.17) is 0 Å².